The summed E-state index contributed by atoms with van der Waals surface area (Å²) in [5.41, 5.74) is 0.329. The van der Waals surface area contributed by atoms with Gasteiger partial charge in [-0.1, -0.05) is 20.8 Å². The molecule has 0 radical (unpaired) electrons. The van der Waals surface area contributed by atoms with Crippen LogP contribution in [0.2, 0.25) is 0 Å². The number of ether oxygens (including phenoxy) is 1. The third-order valence-corrected chi connectivity index (χ3v) is 2.34. The summed E-state index contributed by atoms with van der Waals surface area (Å²) in [5.74, 6) is -1.63. The molecule has 1 aromatic carbocycles. The van der Waals surface area contributed by atoms with Crippen LogP contribution in [0.1, 0.15) is 26.3 Å². The molecule has 5 nitrogen and oxygen atoms in total. The van der Waals surface area contributed by atoms with Gasteiger partial charge in [-0.2, -0.15) is 0 Å². The fourth-order valence-electron chi connectivity index (χ4n) is 1.47. The summed E-state index contributed by atoms with van der Waals surface area (Å²) < 4.78 is 5.08. The third kappa shape index (κ3) is 4.46. The first-order valence-electron chi connectivity index (χ1n) is 5.66. The van der Waals surface area contributed by atoms with Gasteiger partial charge in [-0.05, 0) is 23.6 Å². The van der Waals surface area contributed by atoms with Crippen molar-refractivity contribution >= 4 is 11.9 Å². The Hall–Kier alpha value is -2.30. The Morgan fingerprint density at radius 1 is 1.21 bits per heavy atom. The predicted octanol–water partition coefficient (Wildman–Crippen LogP) is 2.24. The maximum Gasteiger partial charge on any atom is 0.336 e. The van der Waals surface area contributed by atoms with Gasteiger partial charge in [-0.15, -0.1) is 0 Å². The lowest BCUT2D eigenvalue weighted by molar-refractivity contribution is -0.133. The molecule has 0 aromatic heterocycles. The molecule has 0 spiro atoms. The first kappa shape index (κ1) is 14.8. The summed E-state index contributed by atoms with van der Waals surface area (Å²) in [7, 11) is 0. The van der Waals surface area contributed by atoms with Gasteiger partial charge in [0.1, 0.15) is 11.5 Å². The summed E-state index contributed by atoms with van der Waals surface area (Å²) in [5, 5.41) is 17.9. The highest BCUT2D eigenvalue weighted by molar-refractivity contribution is 5.91. The van der Waals surface area contributed by atoms with Crippen molar-refractivity contribution in [1.82, 2.24) is 0 Å². The molecule has 19 heavy (non-hydrogen) atoms. The van der Waals surface area contributed by atoms with Gasteiger partial charge >= 0.3 is 11.9 Å². The minimum Gasteiger partial charge on any atom is -0.508 e. The Morgan fingerprint density at radius 2 is 1.84 bits per heavy atom. The minimum absolute atomic E-state index is 0.0748. The molecule has 1 rings (SSSR count). The van der Waals surface area contributed by atoms with E-state index < -0.39 is 11.9 Å². The van der Waals surface area contributed by atoms with Crippen molar-refractivity contribution < 1.29 is 24.5 Å². The van der Waals surface area contributed by atoms with E-state index in [4.69, 9.17) is 9.84 Å². The lowest BCUT2D eigenvalue weighted by atomic mass is 9.86. The number of aliphatic carboxylic acids is 1. The molecule has 1 aromatic rings. The van der Waals surface area contributed by atoms with E-state index in [1.165, 1.54) is 18.2 Å². The first-order chi connectivity index (χ1) is 8.70. The SMILES string of the molecule is CC(C)(C)c1cc(O)ccc1OC(=O)/C=C\C(=O)O. The molecule has 102 valence electrons. The largest absolute Gasteiger partial charge is 0.508 e. The summed E-state index contributed by atoms with van der Waals surface area (Å²) >= 11 is 0. The number of carbonyl (C=O) groups is 2. The van der Waals surface area contributed by atoms with Gasteiger partial charge in [0.25, 0.3) is 0 Å². The summed E-state index contributed by atoms with van der Waals surface area (Å²) in [6.45, 7) is 5.73. The van der Waals surface area contributed by atoms with Gasteiger partial charge < -0.3 is 14.9 Å². The summed E-state index contributed by atoms with van der Waals surface area (Å²) in [6, 6.07) is 4.39. The van der Waals surface area contributed by atoms with Gasteiger partial charge in [0.05, 0.1) is 0 Å². The number of rotatable bonds is 3. The monoisotopic (exact) mass is 264 g/mol. The maximum atomic E-state index is 11.4. The number of carboxylic acids is 1. The smallest absolute Gasteiger partial charge is 0.336 e. The number of benzene rings is 1. The molecule has 0 saturated heterocycles. The van der Waals surface area contributed by atoms with Gasteiger partial charge in [0.15, 0.2) is 0 Å². The molecular weight excluding hydrogens is 248 g/mol. The Labute approximate surface area is 111 Å². The van der Waals surface area contributed by atoms with Crippen LogP contribution in [0.5, 0.6) is 11.5 Å². The zero-order valence-corrected chi connectivity index (χ0v) is 11.0. The molecule has 0 bridgehead atoms. The first-order valence-corrected chi connectivity index (χ1v) is 5.66. The van der Waals surface area contributed by atoms with Crippen LogP contribution < -0.4 is 4.74 Å². The molecule has 0 saturated carbocycles. The zero-order chi connectivity index (χ0) is 14.6. The molecule has 0 aliphatic rings. The van der Waals surface area contributed by atoms with E-state index in [1.54, 1.807) is 0 Å². The number of hydrogen-bond donors (Lipinski definition) is 2. The van der Waals surface area contributed by atoms with Crippen molar-refractivity contribution in [2.75, 3.05) is 0 Å². The Morgan fingerprint density at radius 3 is 2.37 bits per heavy atom. The van der Waals surface area contributed by atoms with Crippen LogP contribution in [-0.2, 0) is 15.0 Å². The van der Waals surface area contributed by atoms with Crippen LogP contribution in [0.3, 0.4) is 0 Å². The lowest BCUT2D eigenvalue weighted by Gasteiger charge is -2.22. The van der Waals surface area contributed by atoms with E-state index in [0.29, 0.717) is 17.4 Å². The van der Waals surface area contributed by atoms with E-state index in [1.807, 2.05) is 20.8 Å². The molecule has 0 fully saturated rings. The predicted molar refractivity (Wildman–Crippen MR) is 69.2 cm³/mol. The standard InChI is InChI=1S/C14H16O5/c1-14(2,3)10-8-9(15)4-5-11(10)19-13(18)7-6-12(16)17/h4-8,15H,1-3H3,(H,16,17)/b7-6-. The highest BCUT2D eigenvalue weighted by Crippen LogP contribution is 2.34. The topological polar surface area (TPSA) is 83.8 Å². The molecule has 2 N–H and O–H groups in total. The van der Waals surface area contributed by atoms with Gasteiger partial charge in [-0.25, -0.2) is 9.59 Å². The molecule has 0 unspecified atom stereocenters. The molecule has 0 amide bonds. The van der Waals surface area contributed by atoms with E-state index in [2.05, 4.69) is 0 Å². The van der Waals surface area contributed by atoms with Gasteiger partial charge in [-0.3, -0.25) is 0 Å². The van der Waals surface area contributed by atoms with Crippen LogP contribution in [0.25, 0.3) is 0 Å². The number of carbonyl (C=O) groups excluding carboxylic acids is 1. The van der Waals surface area contributed by atoms with Crippen molar-refractivity contribution in [1.29, 1.82) is 0 Å². The highest BCUT2D eigenvalue weighted by atomic mass is 16.5. The van der Waals surface area contributed by atoms with Crippen molar-refractivity contribution in [2.45, 2.75) is 26.2 Å². The Balaban J connectivity index is 3.02. The van der Waals surface area contributed by atoms with Crippen molar-refractivity contribution in [3.8, 4) is 11.5 Å². The van der Waals surface area contributed by atoms with E-state index in [-0.39, 0.29) is 11.2 Å². The van der Waals surface area contributed by atoms with Crippen molar-refractivity contribution in [2.24, 2.45) is 0 Å². The van der Waals surface area contributed by atoms with Crippen molar-refractivity contribution in [3.05, 3.63) is 35.9 Å². The Kier molecular flexibility index (Phi) is 4.32. The summed E-state index contributed by atoms with van der Waals surface area (Å²) in [6.07, 6.45) is 1.54. The fourth-order valence-corrected chi connectivity index (χ4v) is 1.47. The van der Waals surface area contributed by atoms with Crippen LogP contribution in [-0.4, -0.2) is 22.2 Å². The molecular formula is C14H16O5. The second kappa shape index (κ2) is 5.56. The molecule has 5 heteroatoms. The number of phenolic OH excluding ortho intramolecular Hbond substituents is 1. The normalized spacial score (nSPS) is 11.5. The number of esters is 1. The van der Waals surface area contributed by atoms with Gasteiger partial charge in [0.2, 0.25) is 0 Å². The second-order valence-electron chi connectivity index (χ2n) is 5.02. The average molecular weight is 264 g/mol. The molecule has 0 atom stereocenters. The van der Waals surface area contributed by atoms with Crippen molar-refractivity contribution in [3.63, 3.8) is 0 Å². The van der Waals surface area contributed by atoms with Crippen LogP contribution in [0, 0.1) is 0 Å². The fraction of sp³-hybridized carbons (Fsp3) is 0.286. The van der Waals surface area contributed by atoms with E-state index in [9.17, 15) is 14.7 Å². The summed E-state index contributed by atoms with van der Waals surface area (Å²) in [4.78, 5) is 21.7. The molecule has 0 aliphatic heterocycles. The quantitative estimate of drug-likeness (QED) is 0.497. The molecule has 0 aliphatic carbocycles. The van der Waals surface area contributed by atoms with Crippen LogP contribution in [0.4, 0.5) is 0 Å². The Bertz CT molecular complexity index is 523. The highest BCUT2D eigenvalue weighted by Gasteiger charge is 2.20. The van der Waals surface area contributed by atoms with Crippen LogP contribution in [0.15, 0.2) is 30.4 Å². The number of hydrogen-bond acceptors (Lipinski definition) is 4. The second-order valence-corrected chi connectivity index (χ2v) is 5.02. The lowest BCUT2D eigenvalue weighted by Crippen LogP contribution is -2.15. The number of aromatic hydroxyl groups is 1. The molecule has 0 heterocycles. The van der Waals surface area contributed by atoms with Gasteiger partial charge in [0, 0.05) is 17.7 Å². The third-order valence-electron chi connectivity index (χ3n) is 2.34. The van der Waals surface area contributed by atoms with E-state index in [0.717, 1.165) is 6.08 Å². The van der Waals surface area contributed by atoms with E-state index >= 15 is 0 Å². The average Bonchev–Trinajstić information content (AvgIpc) is 2.27. The minimum atomic E-state index is -1.22. The number of carboxylic acid groups (broad SMARTS) is 1. The zero-order valence-electron chi connectivity index (χ0n) is 11.0. The number of phenols is 1. The maximum absolute atomic E-state index is 11.4. The van der Waals surface area contributed by atoms with Crippen LogP contribution >= 0.6 is 0 Å².